The third-order valence-corrected chi connectivity index (χ3v) is 7.73. The summed E-state index contributed by atoms with van der Waals surface area (Å²) < 4.78 is 13.5. The number of amides is 2. The first-order chi connectivity index (χ1) is 15.4. The lowest BCUT2D eigenvalue weighted by Gasteiger charge is -2.40. The Kier molecular flexibility index (Phi) is 5.68. The van der Waals surface area contributed by atoms with Crippen molar-refractivity contribution in [1.29, 1.82) is 0 Å². The molecule has 5 nitrogen and oxygen atoms in total. The Morgan fingerprint density at radius 2 is 1.84 bits per heavy atom. The predicted molar refractivity (Wildman–Crippen MR) is 122 cm³/mol. The molecule has 0 aromatic heterocycles. The van der Waals surface area contributed by atoms with Crippen molar-refractivity contribution in [2.24, 2.45) is 5.92 Å². The topological polar surface area (TPSA) is 55.8 Å². The van der Waals surface area contributed by atoms with Crippen molar-refractivity contribution in [2.45, 2.75) is 37.7 Å². The highest BCUT2D eigenvalue weighted by molar-refractivity contribution is 5.76. The van der Waals surface area contributed by atoms with Crippen LogP contribution in [0.4, 0.5) is 9.18 Å². The average molecular weight is 438 g/mol. The van der Waals surface area contributed by atoms with Crippen LogP contribution < -0.4 is 5.32 Å². The minimum absolute atomic E-state index is 0.0407. The van der Waals surface area contributed by atoms with Gasteiger partial charge in [0.05, 0.1) is 5.60 Å². The monoisotopic (exact) mass is 437 g/mol. The van der Waals surface area contributed by atoms with E-state index in [4.69, 9.17) is 0 Å². The Morgan fingerprint density at radius 3 is 2.53 bits per heavy atom. The van der Waals surface area contributed by atoms with Crippen LogP contribution in [0.5, 0.6) is 0 Å². The molecule has 0 radical (unpaired) electrons. The minimum Gasteiger partial charge on any atom is -0.385 e. The van der Waals surface area contributed by atoms with Crippen LogP contribution in [0, 0.1) is 18.7 Å². The summed E-state index contributed by atoms with van der Waals surface area (Å²) >= 11 is 0. The molecule has 0 bridgehead atoms. The molecule has 2 aromatic rings. The molecule has 2 amide bonds. The maximum absolute atomic E-state index is 13.5. The summed E-state index contributed by atoms with van der Waals surface area (Å²) in [4.78, 5) is 16.1. The second-order valence-electron chi connectivity index (χ2n) is 9.66. The largest absolute Gasteiger partial charge is 0.385 e. The number of benzene rings is 2. The maximum Gasteiger partial charge on any atom is 0.317 e. The average Bonchev–Trinajstić information content (AvgIpc) is 3.34. The van der Waals surface area contributed by atoms with E-state index in [1.807, 2.05) is 17.0 Å². The molecule has 0 saturated carbocycles. The molecule has 5 rings (SSSR count). The fourth-order valence-electron chi connectivity index (χ4n) is 5.88. The fraction of sp³-hybridized carbons (Fsp3) is 0.500. The number of hydrogen-bond acceptors (Lipinski definition) is 3. The molecule has 2 aromatic carbocycles. The molecule has 2 atom stereocenters. The van der Waals surface area contributed by atoms with Gasteiger partial charge >= 0.3 is 6.03 Å². The molecule has 1 aliphatic carbocycles. The Hall–Kier alpha value is -2.44. The lowest BCUT2D eigenvalue weighted by Crippen LogP contribution is -2.45. The van der Waals surface area contributed by atoms with Gasteiger partial charge in [-0.25, -0.2) is 9.18 Å². The molecule has 2 heterocycles. The van der Waals surface area contributed by atoms with Gasteiger partial charge in [-0.1, -0.05) is 35.9 Å². The summed E-state index contributed by atoms with van der Waals surface area (Å²) in [7, 11) is 0. The van der Waals surface area contributed by atoms with Crippen LogP contribution in [-0.4, -0.2) is 60.2 Å². The molecule has 2 saturated heterocycles. The molecule has 6 heteroatoms. The Morgan fingerprint density at radius 1 is 1.09 bits per heavy atom. The number of aliphatic hydroxyl groups is 1. The van der Waals surface area contributed by atoms with Gasteiger partial charge in [-0.05, 0) is 74.0 Å². The Balaban J connectivity index is 1.30. The number of hydrogen-bond donors (Lipinski definition) is 2. The van der Waals surface area contributed by atoms with Crippen molar-refractivity contribution in [1.82, 2.24) is 15.1 Å². The van der Waals surface area contributed by atoms with E-state index in [1.165, 1.54) is 17.7 Å². The van der Waals surface area contributed by atoms with E-state index in [1.54, 1.807) is 0 Å². The van der Waals surface area contributed by atoms with Crippen molar-refractivity contribution in [3.8, 4) is 0 Å². The highest BCUT2D eigenvalue weighted by atomic mass is 19.1. The number of carbonyl (C=O) groups is 1. The van der Waals surface area contributed by atoms with E-state index in [0.29, 0.717) is 6.42 Å². The van der Waals surface area contributed by atoms with E-state index < -0.39 is 5.60 Å². The van der Waals surface area contributed by atoms with Crippen molar-refractivity contribution in [2.75, 3.05) is 39.3 Å². The number of nitrogens with zero attached hydrogens (tertiary/aromatic N) is 2. The van der Waals surface area contributed by atoms with Crippen LogP contribution in [0.1, 0.15) is 47.4 Å². The Labute approximate surface area is 189 Å². The van der Waals surface area contributed by atoms with Gasteiger partial charge in [-0.2, -0.15) is 0 Å². The number of urea groups is 1. The van der Waals surface area contributed by atoms with Crippen LogP contribution >= 0.6 is 0 Å². The zero-order valence-electron chi connectivity index (χ0n) is 18.7. The molecular formula is C26H32FN3O2. The van der Waals surface area contributed by atoms with Gasteiger partial charge in [0.25, 0.3) is 0 Å². The van der Waals surface area contributed by atoms with Crippen LogP contribution in [0.25, 0.3) is 0 Å². The van der Waals surface area contributed by atoms with Crippen LogP contribution in [0.15, 0.2) is 42.5 Å². The van der Waals surface area contributed by atoms with Crippen molar-refractivity contribution < 1.29 is 14.3 Å². The SMILES string of the molecule is Cc1ccc2c(c1)C(O)(C1CCN(CCN3CCNC3=O)CC1)CC2c1ccc(F)cc1. The Bertz CT molecular complexity index is 987. The summed E-state index contributed by atoms with van der Waals surface area (Å²) in [6.07, 6.45) is 2.52. The summed E-state index contributed by atoms with van der Waals surface area (Å²) in [6.45, 7) is 7.11. The summed E-state index contributed by atoms with van der Waals surface area (Å²) in [5, 5.41) is 14.9. The highest BCUT2D eigenvalue weighted by Crippen LogP contribution is 2.53. The van der Waals surface area contributed by atoms with Crippen molar-refractivity contribution >= 4 is 6.03 Å². The molecule has 0 spiro atoms. The molecule has 2 fully saturated rings. The van der Waals surface area contributed by atoms with Crippen LogP contribution in [0.2, 0.25) is 0 Å². The van der Waals surface area contributed by atoms with E-state index in [0.717, 1.165) is 68.8 Å². The third kappa shape index (κ3) is 3.90. The number of halogens is 1. The van der Waals surface area contributed by atoms with Gasteiger partial charge in [0.15, 0.2) is 0 Å². The number of piperidine rings is 1. The number of carbonyl (C=O) groups excluding carboxylic acids is 1. The predicted octanol–water partition coefficient (Wildman–Crippen LogP) is 3.59. The number of rotatable bonds is 5. The number of nitrogens with one attached hydrogen (secondary N) is 1. The summed E-state index contributed by atoms with van der Waals surface area (Å²) in [5.74, 6) is 0.0488. The highest BCUT2D eigenvalue weighted by Gasteiger charge is 2.48. The second kappa shape index (κ2) is 8.49. The molecule has 32 heavy (non-hydrogen) atoms. The molecule has 2 aliphatic heterocycles. The fourth-order valence-corrected chi connectivity index (χ4v) is 5.88. The molecule has 3 aliphatic rings. The van der Waals surface area contributed by atoms with Crippen LogP contribution in [0.3, 0.4) is 0 Å². The van der Waals surface area contributed by atoms with E-state index in [2.05, 4.69) is 35.3 Å². The van der Waals surface area contributed by atoms with Crippen molar-refractivity contribution in [3.63, 3.8) is 0 Å². The van der Waals surface area contributed by atoms with Gasteiger partial charge in [-0.15, -0.1) is 0 Å². The summed E-state index contributed by atoms with van der Waals surface area (Å²) in [6, 6.07) is 13.2. The smallest absolute Gasteiger partial charge is 0.317 e. The molecule has 2 N–H and O–H groups in total. The zero-order valence-corrected chi connectivity index (χ0v) is 18.7. The lowest BCUT2D eigenvalue weighted by atomic mass is 9.76. The molecule has 170 valence electrons. The number of fused-ring (bicyclic) bond motifs is 1. The second-order valence-corrected chi connectivity index (χ2v) is 9.66. The van der Waals surface area contributed by atoms with Gasteiger partial charge < -0.3 is 20.2 Å². The summed E-state index contributed by atoms with van der Waals surface area (Å²) in [5.41, 5.74) is 3.59. The van der Waals surface area contributed by atoms with Gasteiger partial charge in [0.1, 0.15) is 5.82 Å². The maximum atomic E-state index is 13.5. The first kappa shape index (κ1) is 21.4. The molecular weight excluding hydrogens is 405 g/mol. The quantitative estimate of drug-likeness (QED) is 0.752. The zero-order chi connectivity index (χ0) is 22.3. The van der Waals surface area contributed by atoms with Gasteiger partial charge in [0, 0.05) is 32.1 Å². The molecule has 2 unspecified atom stereocenters. The number of likely N-dealkylation sites (tertiary alicyclic amines) is 1. The first-order valence-corrected chi connectivity index (χ1v) is 11.8. The first-order valence-electron chi connectivity index (χ1n) is 11.8. The standard InChI is InChI=1S/C26H32FN3O2/c1-18-2-7-22-23(19-3-5-21(27)6-4-19)17-26(32,24(22)16-18)20-8-11-29(12-9-20)14-15-30-13-10-28-25(30)31/h2-7,16,20,23,32H,8-15,17H2,1H3,(H,28,31). The third-order valence-electron chi connectivity index (χ3n) is 7.73. The number of aryl methyl sites for hydroxylation is 1. The van der Waals surface area contributed by atoms with Crippen LogP contribution in [-0.2, 0) is 5.60 Å². The van der Waals surface area contributed by atoms with Gasteiger partial charge in [-0.3, -0.25) is 0 Å². The lowest BCUT2D eigenvalue weighted by molar-refractivity contribution is -0.0492. The van der Waals surface area contributed by atoms with Crippen molar-refractivity contribution in [3.05, 3.63) is 70.5 Å². The normalized spacial score (nSPS) is 26.4. The van der Waals surface area contributed by atoms with E-state index >= 15 is 0 Å². The minimum atomic E-state index is -0.860. The van der Waals surface area contributed by atoms with Gasteiger partial charge in [0.2, 0.25) is 0 Å². The van der Waals surface area contributed by atoms with E-state index in [9.17, 15) is 14.3 Å². The van der Waals surface area contributed by atoms with E-state index in [-0.39, 0.29) is 23.7 Å².